The Kier molecular flexibility index (Phi) is 4.49. The minimum absolute atomic E-state index is 0.248. The van der Waals surface area contributed by atoms with Crippen molar-refractivity contribution in [1.82, 2.24) is 14.7 Å². The summed E-state index contributed by atoms with van der Waals surface area (Å²) in [4.78, 5) is 13.7. The first-order valence-corrected chi connectivity index (χ1v) is 8.35. The highest BCUT2D eigenvalue weighted by Crippen LogP contribution is 2.23. The van der Waals surface area contributed by atoms with Gasteiger partial charge in [0.2, 0.25) is 0 Å². The van der Waals surface area contributed by atoms with Gasteiger partial charge in [-0.3, -0.25) is 4.68 Å². The average Bonchev–Trinajstić information content (AvgIpc) is 2.97. The Labute approximate surface area is 147 Å². The number of carbonyl (C=O) groups excluding carboxylic acids is 1. The standard InChI is InChI=1S/C19H22N4O2/c1-19(2,3)25-18(24)22-10-15(11-22)12-23-13-17(9-21-23)16-6-4-14(8-20)5-7-16/h4-7,9,13,15H,10-12H2,1-3H3. The predicted molar refractivity (Wildman–Crippen MR) is 93.7 cm³/mol. The number of aromatic nitrogens is 2. The van der Waals surface area contributed by atoms with Crippen molar-refractivity contribution in [3.63, 3.8) is 0 Å². The highest BCUT2D eigenvalue weighted by atomic mass is 16.6. The van der Waals surface area contributed by atoms with Gasteiger partial charge in [-0.1, -0.05) is 12.1 Å². The molecule has 0 bridgehead atoms. The van der Waals surface area contributed by atoms with Crippen LogP contribution >= 0.6 is 0 Å². The van der Waals surface area contributed by atoms with Crippen LogP contribution < -0.4 is 0 Å². The highest BCUT2D eigenvalue weighted by molar-refractivity contribution is 5.69. The maximum atomic E-state index is 11.9. The van der Waals surface area contributed by atoms with Gasteiger partial charge in [-0.25, -0.2) is 4.79 Å². The van der Waals surface area contributed by atoms with E-state index in [9.17, 15) is 4.79 Å². The van der Waals surface area contributed by atoms with E-state index in [-0.39, 0.29) is 6.09 Å². The van der Waals surface area contributed by atoms with Gasteiger partial charge in [0, 0.05) is 37.3 Å². The van der Waals surface area contributed by atoms with Gasteiger partial charge in [-0.2, -0.15) is 10.4 Å². The second-order valence-electron chi connectivity index (χ2n) is 7.39. The minimum Gasteiger partial charge on any atom is -0.444 e. The molecule has 1 aliphatic heterocycles. The number of hydrogen-bond donors (Lipinski definition) is 0. The number of nitriles is 1. The number of likely N-dealkylation sites (tertiary alicyclic amines) is 1. The summed E-state index contributed by atoms with van der Waals surface area (Å²) in [6.45, 7) is 7.78. The number of ether oxygens (including phenoxy) is 1. The van der Waals surface area contributed by atoms with Gasteiger partial charge >= 0.3 is 6.09 Å². The van der Waals surface area contributed by atoms with Crippen molar-refractivity contribution in [2.24, 2.45) is 5.92 Å². The van der Waals surface area contributed by atoms with E-state index >= 15 is 0 Å². The molecule has 1 amide bonds. The van der Waals surface area contributed by atoms with Crippen molar-refractivity contribution in [3.05, 3.63) is 42.2 Å². The third-order valence-corrected chi connectivity index (χ3v) is 4.03. The maximum absolute atomic E-state index is 11.9. The number of benzene rings is 1. The smallest absolute Gasteiger partial charge is 0.410 e. The Bertz CT molecular complexity index is 790. The van der Waals surface area contributed by atoms with Crippen molar-refractivity contribution in [2.75, 3.05) is 13.1 Å². The third-order valence-electron chi connectivity index (χ3n) is 4.03. The van der Waals surface area contributed by atoms with Gasteiger partial charge in [-0.05, 0) is 38.5 Å². The molecule has 1 aliphatic rings. The van der Waals surface area contributed by atoms with Crippen molar-refractivity contribution < 1.29 is 9.53 Å². The summed E-state index contributed by atoms with van der Waals surface area (Å²) in [5, 5.41) is 13.3. The second kappa shape index (κ2) is 6.60. The van der Waals surface area contributed by atoms with Gasteiger partial charge in [0.25, 0.3) is 0 Å². The molecule has 0 N–H and O–H groups in total. The molecule has 3 rings (SSSR count). The molecule has 1 fully saturated rings. The Morgan fingerprint density at radius 3 is 2.56 bits per heavy atom. The van der Waals surface area contributed by atoms with Gasteiger partial charge in [0.15, 0.2) is 0 Å². The van der Waals surface area contributed by atoms with Crippen LogP contribution in [-0.2, 0) is 11.3 Å². The van der Waals surface area contributed by atoms with E-state index in [0.717, 1.165) is 17.7 Å². The van der Waals surface area contributed by atoms with Gasteiger partial charge in [0.05, 0.1) is 17.8 Å². The predicted octanol–water partition coefficient (Wildman–Crippen LogP) is 3.29. The lowest BCUT2D eigenvalue weighted by Gasteiger charge is -2.39. The minimum atomic E-state index is -0.458. The molecular weight excluding hydrogens is 316 g/mol. The fourth-order valence-electron chi connectivity index (χ4n) is 2.78. The summed E-state index contributed by atoms with van der Waals surface area (Å²) in [6, 6.07) is 9.57. The van der Waals surface area contributed by atoms with Gasteiger partial charge in [0.1, 0.15) is 5.60 Å². The lowest BCUT2D eigenvalue weighted by Crippen LogP contribution is -2.52. The summed E-state index contributed by atoms with van der Waals surface area (Å²) in [7, 11) is 0. The fraction of sp³-hybridized carbons (Fsp3) is 0.421. The van der Waals surface area contributed by atoms with E-state index in [4.69, 9.17) is 10.00 Å². The number of hydrogen-bond acceptors (Lipinski definition) is 4. The second-order valence-corrected chi connectivity index (χ2v) is 7.39. The third kappa shape index (κ3) is 4.18. The average molecular weight is 338 g/mol. The highest BCUT2D eigenvalue weighted by Gasteiger charge is 2.33. The van der Waals surface area contributed by atoms with Crippen LogP contribution in [0.5, 0.6) is 0 Å². The molecule has 2 aromatic rings. The first-order valence-electron chi connectivity index (χ1n) is 8.35. The summed E-state index contributed by atoms with van der Waals surface area (Å²) >= 11 is 0. The van der Waals surface area contributed by atoms with Crippen molar-refractivity contribution >= 4 is 6.09 Å². The van der Waals surface area contributed by atoms with Crippen molar-refractivity contribution in [2.45, 2.75) is 32.9 Å². The van der Waals surface area contributed by atoms with Gasteiger partial charge in [-0.15, -0.1) is 0 Å². The molecule has 0 radical (unpaired) electrons. The van der Waals surface area contributed by atoms with Crippen LogP contribution in [0.15, 0.2) is 36.7 Å². The zero-order valence-corrected chi connectivity index (χ0v) is 14.8. The molecule has 0 atom stereocenters. The molecule has 130 valence electrons. The van der Waals surface area contributed by atoms with Crippen molar-refractivity contribution in [1.29, 1.82) is 5.26 Å². The maximum Gasteiger partial charge on any atom is 0.410 e. The monoisotopic (exact) mass is 338 g/mol. The van der Waals surface area contributed by atoms with Crippen LogP contribution in [0.25, 0.3) is 11.1 Å². The lowest BCUT2D eigenvalue weighted by atomic mass is 10.0. The zero-order chi connectivity index (χ0) is 18.0. The first-order chi connectivity index (χ1) is 11.8. The molecule has 1 saturated heterocycles. The molecule has 6 nitrogen and oxygen atoms in total. The Hall–Kier alpha value is -2.81. The summed E-state index contributed by atoms with van der Waals surface area (Å²) < 4.78 is 7.27. The van der Waals surface area contributed by atoms with Crippen molar-refractivity contribution in [3.8, 4) is 17.2 Å². The number of rotatable bonds is 3. The Balaban J connectivity index is 1.53. The zero-order valence-electron chi connectivity index (χ0n) is 14.8. The van der Waals surface area contributed by atoms with Crippen LogP contribution in [-0.4, -0.2) is 39.5 Å². The molecule has 6 heteroatoms. The molecule has 1 aromatic heterocycles. The quantitative estimate of drug-likeness (QED) is 0.861. The van der Waals surface area contributed by atoms with Crippen LogP contribution in [0.4, 0.5) is 4.79 Å². The van der Waals surface area contributed by atoms with E-state index in [1.165, 1.54) is 0 Å². The van der Waals surface area contributed by atoms with Gasteiger partial charge < -0.3 is 9.64 Å². The van der Waals surface area contributed by atoms with E-state index in [1.54, 1.807) is 17.0 Å². The molecule has 25 heavy (non-hydrogen) atoms. The van der Waals surface area contributed by atoms with E-state index < -0.39 is 5.60 Å². The SMILES string of the molecule is CC(C)(C)OC(=O)N1CC(Cn2cc(-c3ccc(C#N)cc3)cn2)C1. The van der Waals surface area contributed by atoms with E-state index in [1.807, 2.05) is 50.0 Å². The van der Waals surface area contributed by atoms with Crippen LogP contribution in [0.1, 0.15) is 26.3 Å². The molecule has 0 aliphatic carbocycles. The summed E-state index contributed by atoms with van der Waals surface area (Å²) in [5.74, 6) is 0.390. The normalized spacial score (nSPS) is 14.7. The lowest BCUT2D eigenvalue weighted by molar-refractivity contribution is -0.00383. The van der Waals surface area contributed by atoms with Crippen LogP contribution in [0.2, 0.25) is 0 Å². The number of carbonyl (C=O) groups is 1. The molecular formula is C19H22N4O2. The number of amides is 1. The number of nitrogens with zero attached hydrogens (tertiary/aromatic N) is 4. The molecule has 1 aromatic carbocycles. The van der Waals surface area contributed by atoms with E-state index in [0.29, 0.717) is 24.6 Å². The summed E-state index contributed by atoms with van der Waals surface area (Å²) in [5.41, 5.74) is 2.25. The van der Waals surface area contributed by atoms with Crippen LogP contribution in [0.3, 0.4) is 0 Å². The Morgan fingerprint density at radius 2 is 1.96 bits per heavy atom. The topological polar surface area (TPSA) is 71.2 Å². The molecule has 2 heterocycles. The molecule has 0 spiro atoms. The fourth-order valence-corrected chi connectivity index (χ4v) is 2.78. The van der Waals surface area contributed by atoms with Crippen LogP contribution in [0, 0.1) is 17.2 Å². The largest absolute Gasteiger partial charge is 0.444 e. The summed E-state index contributed by atoms with van der Waals surface area (Å²) in [6.07, 6.45) is 3.57. The molecule has 0 unspecified atom stereocenters. The Morgan fingerprint density at radius 1 is 1.28 bits per heavy atom. The van der Waals surface area contributed by atoms with E-state index in [2.05, 4.69) is 11.2 Å². The first kappa shape index (κ1) is 17.0. The molecule has 0 saturated carbocycles.